The zero-order valence-corrected chi connectivity index (χ0v) is 16.5. The van der Waals surface area contributed by atoms with E-state index in [0.717, 1.165) is 0 Å². The number of hydrogen-bond acceptors (Lipinski definition) is 8. The molecule has 1 atom stereocenters. The van der Waals surface area contributed by atoms with Crippen molar-refractivity contribution in [2.24, 2.45) is 5.73 Å². The van der Waals surface area contributed by atoms with Crippen LogP contribution >= 0.6 is 0 Å². The predicted molar refractivity (Wildman–Crippen MR) is 105 cm³/mol. The first-order valence-electron chi connectivity index (χ1n) is 9.43. The molecule has 1 fully saturated rings. The van der Waals surface area contributed by atoms with Crippen LogP contribution in [0.3, 0.4) is 0 Å². The number of aliphatic hydroxyl groups excluding tert-OH is 1. The number of phenols is 1. The number of aromatic hydroxyl groups is 1. The number of hydrogen-bond donors (Lipinski definition) is 4. The maximum absolute atomic E-state index is 12.0. The van der Waals surface area contributed by atoms with Gasteiger partial charge in [-0.05, 0) is 25.0 Å². The Labute approximate surface area is 170 Å². The summed E-state index contributed by atoms with van der Waals surface area (Å²) >= 11 is 0. The van der Waals surface area contributed by atoms with Crippen LogP contribution in [-0.4, -0.2) is 84.5 Å². The first-order valence-corrected chi connectivity index (χ1v) is 9.43. The second-order valence-electron chi connectivity index (χ2n) is 7.35. The van der Waals surface area contributed by atoms with Crippen molar-refractivity contribution in [2.45, 2.75) is 37.7 Å². The molecule has 9 nitrogen and oxygen atoms in total. The second-order valence-corrected chi connectivity index (χ2v) is 7.35. The Kier molecular flexibility index (Phi) is 7.89. The molecule has 2 radical (unpaired) electrons. The second kappa shape index (κ2) is 9.95. The van der Waals surface area contributed by atoms with Crippen LogP contribution in [0.4, 0.5) is 0 Å². The summed E-state index contributed by atoms with van der Waals surface area (Å²) in [5, 5.41) is 28.4. The van der Waals surface area contributed by atoms with E-state index in [1.54, 1.807) is 13.0 Å². The van der Waals surface area contributed by atoms with Crippen LogP contribution < -0.4 is 10.5 Å². The lowest BCUT2D eigenvalue weighted by Gasteiger charge is -2.42. The highest BCUT2D eigenvalue weighted by molar-refractivity contribution is 6.08. The third-order valence-electron chi connectivity index (χ3n) is 4.62. The fourth-order valence-corrected chi connectivity index (χ4v) is 3.11. The molecule has 1 aromatic carbocycles. The smallest absolute Gasteiger partial charge is 0.343 e. The van der Waals surface area contributed by atoms with Gasteiger partial charge in [-0.25, -0.2) is 4.79 Å². The minimum absolute atomic E-state index is 0.0687. The van der Waals surface area contributed by atoms with Crippen molar-refractivity contribution >= 4 is 19.8 Å². The summed E-state index contributed by atoms with van der Waals surface area (Å²) in [7, 11) is 5.48. The number of nitrogens with zero attached hydrogens (tertiary/aromatic N) is 1. The lowest BCUT2D eigenvalue weighted by atomic mass is 9.95. The van der Waals surface area contributed by atoms with E-state index in [9.17, 15) is 19.8 Å². The van der Waals surface area contributed by atoms with E-state index in [4.69, 9.17) is 28.2 Å². The molecule has 2 rings (SSSR count). The molecule has 10 heteroatoms. The molecule has 0 saturated carbocycles. The topological polar surface area (TPSA) is 143 Å². The van der Waals surface area contributed by atoms with Gasteiger partial charge < -0.3 is 30.5 Å². The minimum atomic E-state index is -1.28. The Morgan fingerprint density at radius 3 is 2.66 bits per heavy atom. The van der Waals surface area contributed by atoms with Gasteiger partial charge in [-0.2, -0.15) is 0 Å². The zero-order valence-electron chi connectivity index (χ0n) is 16.5. The Balaban J connectivity index is 1.93. The third kappa shape index (κ3) is 5.85. The molecule has 0 bridgehead atoms. The predicted octanol–water partition coefficient (Wildman–Crippen LogP) is -0.0743. The third-order valence-corrected chi connectivity index (χ3v) is 4.62. The van der Waals surface area contributed by atoms with Gasteiger partial charge in [0.25, 0.3) is 0 Å². The molecule has 0 amide bonds. The number of aromatic carboxylic acids is 1. The van der Waals surface area contributed by atoms with Gasteiger partial charge in [0.2, 0.25) is 0 Å². The quantitative estimate of drug-likeness (QED) is 0.226. The van der Waals surface area contributed by atoms with E-state index >= 15 is 0 Å². The first-order chi connectivity index (χ1) is 13.7. The average Bonchev–Trinajstić information content (AvgIpc) is 2.61. The summed E-state index contributed by atoms with van der Waals surface area (Å²) in [5.41, 5.74) is 4.99. The van der Waals surface area contributed by atoms with Crippen molar-refractivity contribution in [1.29, 1.82) is 0 Å². The molecular formula is C19H27BN2O7. The van der Waals surface area contributed by atoms with Crippen LogP contribution in [-0.2, 0) is 16.0 Å². The number of esters is 1. The molecule has 1 heterocycles. The Bertz CT molecular complexity index is 736. The highest BCUT2D eigenvalue weighted by Crippen LogP contribution is 2.33. The molecule has 158 valence electrons. The number of ether oxygens (including phenoxy) is 2. The van der Waals surface area contributed by atoms with Crippen LogP contribution in [0.1, 0.15) is 29.3 Å². The van der Waals surface area contributed by atoms with Crippen LogP contribution in [0, 0.1) is 0 Å². The molecule has 1 aliphatic rings. The Hall–Kier alpha value is -2.30. The van der Waals surface area contributed by atoms with Crippen molar-refractivity contribution in [3.63, 3.8) is 0 Å². The van der Waals surface area contributed by atoms with Gasteiger partial charge in [0.1, 0.15) is 28.7 Å². The maximum atomic E-state index is 12.0. The van der Waals surface area contributed by atoms with Crippen molar-refractivity contribution in [3.8, 4) is 11.5 Å². The lowest BCUT2D eigenvalue weighted by molar-refractivity contribution is -0.151. The summed E-state index contributed by atoms with van der Waals surface area (Å²) in [5.74, 6) is -2.09. The Morgan fingerprint density at radius 1 is 1.38 bits per heavy atom. The maximum Gasteiger partial charge on any atom is 0.343 e. The monoisotopic (exact) mass is 406 g/mol. The fraction of sp³-hybridized carbons (Fsp3) is 0.579. The highest BCUT2D eigenvalue weighted by atomic mass is 16.5. The van der Waals surface area contributed by atoms with Gasteiger partial charge in [0.05, 0.1) is 14.5 Å². The molecule has 1 aromatic rings. The van der Waals surface area contributed by atoms with Crippen molar-refractivity contribution in [1.82, 2.24) is 4.90 Å². The van der Waals surface area contributed by atoms with Gasteiger partial charge in [-0.1, -0.05) is 12.4 Å². The number of aryl methyl sites for hydroxylation is 1. The van der Waals surface area contributed by atoms with Crippen LogP contribution in [0.5, 0.6) is 11.5 Å². The number of rotatable bonds is 11. The molecule has 5 N–H and O–H groups in total. The van der Waals surface area contributed by atoms with Crippen molar-refractivity contribution < 1.29 is 34.4 Å². The largest absolute Gasteiger partial charge is 0.507 e. The van der Waals surface area contributed by atoms with E-state index in [0.29, 0.717) is 31.5 Å². The van der Waals surface area contributed by atoms with Crippen LogP contribution in [0.15, 0.2) is 12.1 Å². The van der Waals surface area contributed by atoms with Gasteiger partial charge >= 0.3 is 11.9 Å². The number of carbonyl (C=O) groups is 2. The molecule has 0 spiro atoms. The molecule has 0 aromatic heterocycles. The first kappa shape index (κ1) is 23.0. The summed E-state index contributed by atoms with van der Waals surface area (Å²) in [6.45, 7) is 2.74. The summed E-state index contributed by atoms with van der Waals surface area (Å²) in [6.07, 6.45) is 0.691. The van der Waals surface area contributed by atoms with Crippen LogP contribution in [0.25, 0.3) is 0 Å². The number of nitrogens with two attached hydrogens (primary N) is 1. The minimum Gasteiger partial charge on any atom is -0.507 e. The van der Waals surface area contributed by atoms with Crippen LogP contribution in [0.2, 0.25) is 6.32 Å². The number of carboxylic acids is 1. The normalized spacial score (nSPS) is 16.7. The molecule has 1 aliphatic heterocycles. The van der Waals surface area contributed by atoms with E-state index < -0.39 is 17.5 Å². The molecule has 29 heavy (non-hydrogen) atoms. The van der Waals surface area contributed by atoms with E-state index in [-0.39, 0.29) is 49.2 Å². The van der Waals surface area contributed by atoms with Crippen molar-refractivity contribution in [2.75, 3.05) is 32.8 Å². The van der Waals surface area contributed by atoms with Crippen molar-refractivity contribution in [3.05, 3.63) is 23.3 Å². The zero-order chi connectivity index (χ0) is 21.6. The summed E-state index contributed by atoms with van der Waals surface area (Å²) in [6, 6.07) is 3.11. The number of carbonyl (C=O) groups excluding carboxylic acids is 1. The van der Waals surface area contributed by atoms with E-state index in [1.807, 2.05) is 4.90 Å². The number of benzene rings is 1. The molecule has 0 aliphatic carbocycles. The highest BCUT2D eigenvalue weighted by Gasteiger charge is 2.38. The Morgan fingerprint density at radius 2 is 2.07 bits per heavy atom. The SMILES string of the molecule is [B]CCc1ccc(OC2CN(C[C@@](C)(N)C(=O)OCCCO)C2)c(C(=O)O)c1O. The van der Waals surface area contributed by atoms with E-state index in [2.05, 4.69) is 0 Å². The standard InChI is InChI=1S/C19H27BN2O7/c1-19(21,18(27)28-8-2-7-23)11-22-9-13(10-22)29-14-4-3-12(5-6-20)16(24)15(14)17(25)26/h3-4,13,23-24H,2,5-11,21H2,1H3,(H,25,26)/t19-/m1/s1. The summed E-state index contributed by atoms with van der Waals surface area (Å²) in [4.78, 5) is 25.5. The van der Waals surface area contributed by atoms with Gasteiger partial charge in [-0.3, -0.25) is 9.69 Å². The summed E-state index contributed by atoms with van der Waals surface area (Å²) < 4.78 is 10.8. The number of likely N-dealkylation sites (tertiary alicyclic amines) is 1. The number of carboxylic acid groups (broad SMARTS) is 1. The van der Waals surface area contributed by atoms with Gasteiger partial charge in [-0.15, -0.1) is 0 Å². The fourth-order valence-electron chi connectivity index (χ4n) is 3.11. The average molecular weight is 406 g/mol. The molecule has 0 unspecified atom stereocenters. The lowest BCUT2D eigenvalue weighted by Crippen LogP contribution is -2.62. The number of aliphatic hydroxyl groups is 1. The van der Waals surface area contributed by atoms with Gasteiger partial charge in [0.15, 0.2) is 0 Å². The molecular weight excluding hydrogens is 379 g/mol. The molecule has 1 saturated heterocycles. The van der Waals surface area contributed by atoms with Gasteiger partial charge in [0, 0.05) is 32.7 Å². The van der Waals surface area contributed by atoms with E-state index in [1.165, 1.54) is 6.07 Å².